The maximum atomic E-state index is 15.5. The zero-order valence-electron chi connectivity index (χ0n) is 37.6. The van der Waals surface area contributed by atoms with Crippen molar-refractivity contribution < 1.29 is 27.0 Å². The molecule has 1 aromatic carbocycles. The number of nitrogens with zero attached hydrogens (tertiary/aromatic N) is 9. The summed E-state index contributed by atoms with van der Waals surface area (Å²) in [6.07, 6.45) is 10.6. The minimum absolute atomic E-state index is 0.0188. The molecule has 3 amide bonds. The molecular weight excluding hydrogens is 730 g/mol. The summed E-state index contributed by atoms with van der Waals surface area (Å²) in [5, 5.41) is 5.90. The number of amides is 3. The Hall–Kier alpha value is -5.80. The van der Waals surface area contributed by atoms with Gasteiger partial charge in [0.2, 0.25) is 17.8 Å². The number of aromatic nitrogens is 6. The average molecular weight is 784 g/mol. The number of hydrogen-bond donors (Lipinski definition) is 2. The molecule has 9 rings (SSSR count). The first-order chi connectivity index (χ1) is 29.9. The molecule has 298 valence electrons. The Morgan fingerprint density at radius 3 is 2.35 bits per heavy atom. The van der Waals surface area contributed by atoms with Crippen molar-refractivity contribution >= 4 is 62.9 Å². The van der Waals surface area contributed by atoms with Gasteiger partial charge in [0.15, 0.2) is 0 Å². The Balaban J connectivity index is 0.863. The summed E-state index contributed by atoms with van der Waals surface area (Å²) < 4.78 is 66.6. The van der Waals surface area contributed by atoms with Crippen LogP contribution >= 0.6 is 0 Å². The van der Waals surface area contributed by atoms with Crippen LogP contribution in [0.5, 0.6) is 0 Å². The molecular formula is C41H48FN11O4. The Morgan fingerprint density at radius 1 is 0.930 bits per heavy atom. The van der Waals surface area contributed by atoms with E-state index >= 15 is 4.39 Å². The molecule has 57 heavy (non-hydrogen) atoms. The molecule has 0 radical (unpaired) electrons. The molecule has 4 aliphatic rings. The van der Waals surface area contributed by atoms with Crippen molar-refractivity contribution in [1.29, 1.82) is 0 Å². The second-order valence-electron chi connectivity index (χ2n) is 15.9. The van der Waals surface area contributed by atoms with Gasteiger partial charge < -0.3 is 24.6 Å². The van der Waals surface area contributed by atoms with Crippen LogP contribution in [0.25, 0.3) is 22.1 Å². The van der Waals surface area contributed by atoms with Crippen molar-refractivity contribution in [1.82, 2.24) is 38.9 Å². The molecule has 4 fully saturated rings. The lowest BCUT2D eigenvalue weighted by molar-refractivity contribution is -0.135. The number of imidazole rings is 1. The quantitative estimate of drug-likeness (QED) is 0.215. The van der Waals surface area contributed by atoms with Gasteiger partial charge in [0.25, 0.3) is 5.91 Å². The third-order valence-corrected chi connectivity index (χ3v) is 12.7. The van der Waals surface area contributed by atoms with E-state index in [4.69, 9.17) is 13.2 Å². The predicted molar refractivity (Wildman–Crippen MR) is 214 cm³/mol. The topological polar surface area (TPSA) is 156 Å². The summed E-state index contributed by atoms with van der Waals surface area (Å²) in [7, 11) is 1.59. The maximum absolute atomic E-state index is 15.5. The summed E-state index contributed by atoms with van der Waals surface area (Å²) in [5.41, 5.74) is 2.16. The lowest BCUT2D eigenvalue weighted by atomic mass is 9.71. The Bertz CT molecular complexity index is 2660. The van der Waals surface area contributed by atoms with Crippen LogP contribution in [0, 0.1) is 11.2 Å². The lowest BCUT2D eigenvalue weighted by Gasteiger charge is -2.48. The fourth-order valence-electron chi connectivity index (χ4n) is 9.53. The number of halogens is 1. The highest BCUT2D eigenvalue weighted by atomic mass is 19.1. The fraction of sp³-hybridized carbons (Fsp3) is 0.488. The molecule has 15 nitrogen and oxygen atoms in total. The number of pyridine rings is 1. The zero-order chi connectivity index (χ0) is 44.6. The van der Waals surface area contributed by atoms with Crippen LogP contribution in [0.3, 0.4) is 0 Å². The van der Waals surface area contributed by atoms with Crippen LogP contribution in [-0.4, -0.2) is 91.4 Å². The normalized spacial score (nSPS) is 22.2. The molecule has 1 atom stereocenters. The second kappa shape index (κ2) is 14.3. The van der Waals surface area contributed by atoms with Crippen LogP contribution in [0.4, 0.5) is 27.5 Å². The van der Waals surface area contributed by atoms with Gasteiger partial charge in [0.1, 0.15) is 34.5 Å². The summed E-state index contributed by atoms with van der Waals surface area (Å²) in [4.78, 5) is 70.0. The van der Waals surface area contributed by atoms with Gasteiger partial charge in [0, 0.05) is 79.4 Å². The van der Waals surface area contributed by atoms with Crippen molar-refractivity contribution in [3.8, 4) is 0 Å². The van der Waals surface area contributed by atoms with Gasteiger partial charge in [-0.05, 0) is 80.7 Å². The largest absolute Gasteiger partial charge is 0.370 e. The van der Waals surface area contributed by atoms with Crippen molar-refractivity contribution in [2.45, 2.75) is 76.3 Å². The Kier molecular flexibility index (Phi) is 7.61. The number of carbonyl (C=O) groups excluding carboxylic acids is 3. The smallest absolute Gasteiger partial charge is 0.329 e. The molecule has 3 aliphatic heterocycles. The van der Waals surface area contributed by atoms with Crippen LogP contribution in [-0.2, 0) is 16.6 Å². The van der Waals surface area contributed by atoms with Crippen LogP contribution in [0.15, 0.2) is 47.5 Å². The van der Waals surface area contributed by atoms with E-state index < -0.39 is 49.2 Å². The highest BCUT2D eigenvalue weighted by Crippen LogP contribution is 2.44. The minimum atomic E-state index is -3.19. The number of imide groups is 1. The number of fused-ring (bicyclic) bond motifs is 2. The number of anilines is 4. The molecule has 1 aliphatic carbocycles. The van der Waals surface area contributed by atoms with Gasteiger partial charge in [-0.1, -0.05) is 12.8 Å². The number of piperidine rings is 3. The molecule has 5 aromatic rings. The van der Waals surface area contributed by atoms with Crippen LogP contribution < -0.4 is 26.1 Å². The summed E-state index contributed by atoms with van der Waals surface area (Å²) in [5.74, 6) is -2.03. The van der Waals surface area contributed by atoms with Crippen molar-refractivity contribution in [2.75, 3.05) is 55.2 Å². The van der Waals surface area contributed by atoms with Crippen molar-refractivity contribution in [3.63, 3.8) is 0 Å². The van der Waals surface area contributed by atoms with Crippen molar-refractivity contribution in [2.24, 2.45) is 12.5 Å². The standard InChI is InChI=1S/C41H48FN11O4/c1-48(2)38(56)31-22-25-23-44-39(47-36(25)52(31)26-6-4-5-7-26)45-32-12-8-27(24-43-32)50-18-14-41(15-19-50)16-20-51(21-17-41)29-10-9-28(42)34-35(29)49(3)40(57)53(34)30-11-13-33(54)46-37(30)55/h8-10,12,22-24,26,30H,4-7,11,13-21H2,1-3H3,(H,46,54,55)(H,43,44,45,47)/t30-/m0/s1/i1D3,2D3. The summed E-state index contributed by atoms with van der Waals surface area (Å²) in [6, 6.07) is 7.19. The molecule has 7 heterocycles. The number of rotatable bonds is 7. The number of carbonyl (C=O) groups is 3. The Labute approximate surface area is 337 Å². The number of aryl methyl sites for hydroxylation is 1. The fourth-order valence-corrected chi connectivity index (χ4v) is 9.53. The van der Waals surface area contributed by atoms with Gasteiger partial charge in [-0.3, -0.25) is 28.8 Å². The maximum Gasteiger partial charge on any atom is 0.329 e. The highest BCUT2D eigenvalue weighted by molar-refractivity contribution is 6.01. The first-order valence-corrected chi connectivity index (χ1v) is 19.6. The lowest BCUT2D eigenvalue weighted by Crippen LogP contribution is -2.47. The Morgan fingerprint density at radius 2 is 1.67 bits per heavy atom. The molecule has 1 spiro atoms. The number of benzene rings is 1. The van der Waals surface area contributed by atoms with E-state index in [0.29, 0.717) is 22.4 Å². The van der Waals surface area contributed by atoms with E-state index in [-0.39, 0.29) is 46.4 Å². The first kappa shape index (κ1) is 30.4. The van der Waals surface area contributed by atoms with Crippen LogP contribution in [0.1, 0.15) is 95.0 Å². The van der Waals surface area contributed by atoms with Gasteiger partial charge in [-0.25, -0.2) is 19.2 Å². The molecule has 0 bridgehead atoms. The van der Waals surface area contributed by atoms with E-state index in [0.717, 1.165) is 88.9 Å². The number of nitrogens with one attached hydrogen (secondary N) is 2. The van der Waals surface area contributed by atoms with Gasteiger partial charge >= 0.3 is 5.69 Å². The zero-order valence-corrected chi connectivity index (χ0v) is 31.6. The predicted octanol–water partition coefficient (Wildman–Crippen LogP) is 5.04. The van der Waals surface area contributed by atoms with E-state index in [2.05, 4.69) is 30.4 Å². The molecule has 0 unspecified atom stereocenters. The molecule has 16 heteroatoms. The minimum Gasteiger partial charge on any atom is -0.370 e. The first-order valence-electron chi connectivity index (χ1n) is 22.6. The third-order valence-electron chi connectivity index (χ3n) is 12.7. The third kappa shape index (κ3) is 6.48. The van der Waals surface area contributed by atoms with Gasteiger partial charge in [-0.15, -0.1) is 0 Å². The number of hydrogen-bond acceptors (Lipinski definition) is 10. The van der Waals surface area contributed by atoms with E-state index in [1.54, 1.807) is 23.9 Å². The van der Waals surface area contributed by atoms with Crippen LogP contribution in [0.2, 0.25) is 0 Å². The molecule has 1 saturated carbocycles. The molecule has 2 N–H and O–H groups in total. The van der Waals surface area contributed by atoms with Crippen molar-refractivity contribution in [3.05, 3.63) is 64.7 Å². The SMILES string of the molecule is [2H]C([2H])([2H])N(C(=O)c1cc2cnc(Nc3ccc(N4CCC5(CC4)CCN(c4ccc(F)c6c4n(C)c(=O)n6[C@H]4CCC(=O)NC4=O)CC5)cn3)nc2n1C1CCCC1)C([2H])([2H])[2H]. The van der Waals surface area contributed by atoms with E-state index in [1.807, 2.05) is 12.1 Å². The molecule has 4 aromatic heterocycles. The monoisotopic (exact) mass is 783 g/mol. The van der Waals surface area contributed by atoms with E-state index in [9.17, 15) is 19.2 Å². The average Bonchev–Trinajstić information content (AvgIpc) is 3.96. The molecule has 3 saturated heterocycles. The summed E-state index contributed by atoms with van der Waals surface area (Å²) >= 11 is 0. The summed E-state index contributed by atoms with van der Waals surface area (Å²) in [6.45, 7) is -3.27. The van der Waals surface area contributed by atoms with Gasteiger partial charge in [0.05, 0.1) is 23.1 Å². The second-order valence-corrected chi connectivity index (χ2v) is 15.9. The van der Waals surface area contributed by atoms with Gasteiger partial charge in [-0.2, -0.15) is 4.98 Å². The van der Waals surface area contributed by atoms with E-state index in [1.165, 1.54) is 27.5 Å². The highest BCUT2D eigenvalue weighted by Gasteiger charge is 2.39.